The van der Waals surface area contributed by atoms with E-state index in [1.165, 1.54) is 12.1 Å². The summed E-state index contributed by atoms with van der Waals surface area (Å²) in [5, 5.41) is 9.15. The summed E-state index contributed by atoms with van der Waals surface area (Å²) in [6.45, 7) is 1.21. The number of esters is 1. The van der Waals surface area contributed by atoms with Gasteiger partial charge in [-0.05, 0) is 64.6 Å². The molecule has 2 saturated carbocycles. The van der Waals surface area contributed by atoms with E-state index in [9.17, 15) is 27.6 Å². The second-order valence-corrected chi connectivity index (χ2v) is 10.8. The number of benzene rings is 1. The second kappa shape index (κ2) is 10.2. The fraction of sp³-hybridized carbons (Fsp3) is 0.654. The molecule has 11 heteroatoms. The first-order valence-electron chi connectivity index (χ1n) is 12.7. The van der Waals surface area contributed by atoms with Crippen molar-refractivity contribution in [3.8, 4) is 5.75 Å². The number of para-hydroxylation sites is 1. The molecule has 1 aliphatic heterocycles. The lowest BCUT2D eigenvalue weighted by Crippen LogP contribution is -2.56. The van der Waals surface area contributed by atoms with Crippen molar-refractivity contribution in [3.63, 3.8) is 0 Å². The molecule has 8 nitrogen and oxygen atoms in total. The quantitative estimate of drug-likeness (QED) is 0.404. The fourth-order valence-corrected chi connectivity index (χ4v) is 6.10. The van der Waals surface area contributed by atoms with Crippen LogP contribution in [0.15, 0.2) is 24.3 Å². The van der Waals surface area contributed by atoms with Crippen LogP contribution in [0.25, 0.3) is 0 Å². The zero-order valence-electron chi connectivity index (χ0n) is 21.2. The summed E-state index contributed by atoms with van der Waals surface area (Å²) in [5.74, 6) is -2.91. The highest BCUT2D eigenvalue weighted by molar-refractivity contribution is 5.79. The SMILES string of the molecule is CN(C)C1(c2ccccc2OC(=O)C(F)(F)F)CCC2(CC1)CN(CCC(=O)O)C(=O)N2CC1CCC1. The molecule has 37 heavy (non-hydrogen) atoms. The lowest BCUT2D eigenvalue weighted by atomic mass is 9.67. The van der Waals surface area contributed by atoms with Gasteiger partial charge in [0.05, 0.1) is 12.0 Å². The molecular weight excluding hydrogens is 491 g/mol. The zero-order valence-corrected chi connectivity index (χ0v) is 21.2. The summed E-state index contributed by atoms with van der Waals surface area (Å²) in [6, 6.07) is 6.19. The monoisotopic (exact) mass is 525 g/mol. The third kappa shape index (κ3) is 5.28. The van der Waals surface area contributed by atoms with Crippen molar-refractivity contribution in [2.24, 2.45) is 5.92 Å². The highest BCUT2D eigenvalue weighted by atomic mass is 19.4. The number of carbonyl (C=O) groups is 3. The Kier molecular flexibility index (Phi) is 7.47. The van der Waals surface area contributed by atoms with Crippen LogP contribution in [0.2, 0.25) is 0 Å². The highest BCUT2D eigenvalue weighted by Gasteiger charge is 2.55. The smallest absolute Gasteiger partial charge is 0.481 e. The molecule has 1 aromatic rings. The molecule has 2 amide bonds. The van der Waals surface area contributed by atoms with Crippen molar-refractivity contribution in [3.05, 3.63) is 29.8 Å². The standard InChI is InChI=1S/C26H34F3N3O5/c1-30(2)25(19-8-3-4-9-20(19)37-22(35)26(27,28)29)13-11-24(12-14-25)17-31(15-10-21(33)34)23(36)32(24)16-18-6-5-7-18/h3-4,8-9,18H,5-7,10-17H2,1-2H3,(H,33,34). The number of aliphatic carboxylic acids is 1. The Morgan fingerprint density at radius 2 is 1.78 bits per heavy atom. The number of carboxylic acids is 1. The third-order valence-electron chi connectivity index (χ3n) is 8.51. The molecule has 0 unspecified atom stereocenters. The van der Waals surface area contributed by atoms with Crippen molar-refractivity contribution in [1.29, 1.82) is 0 Å². The van der Waals surface area contributed by atoms with Crippen LogP contribution in [0.5, 0.6) is 5.75 Å². The summed E-state index contributed by atoms with van der Waals surface area (Å²) in [6.07, 6.45) is 0.273. The molecule has 1 saturated heterocycles. The molecule has 0 atom stereocenters. The van der Waals surface area contributed by atoms with Crippen LogP contribution in [0.3, 0.4) is 0 Å². The Bertz CT molecular complexity index is 1030. The Labute approximate surface area is 214 Å². The van der Waals surface area contributed by atoms with Crippen LogP contribution in [0, 0.1) is 5.92 Å². The minimum atomic E-state index is -5.11. The van der Waals surface area contributed by atoms with Gasteiger partial charge in [-0.3, -0.25) is 9.69 Å². The lowest BCUT2D eigenvalue weighted by Gasteiger charge is -2.51. The van der Waals surface area contributed by atoms with Crippen LogP contribution in [0.4, 0.5) is 18.0 Å². The minimum Gasteiger partial charge on any atom is -0.481 e. The van der Waals surface area contributed by atoms with Crippen molar-refractivity contribution >= 4 is 18.0 Å². The van der Waals surface area contributed by atoms with Gasteiger partial charge in [-0.25, -0.2) is 9.59 Å². The molecule has 1 aromatic carbocycles. The normalized spacial score (nSPS) is 26.6. The first-order chi connectivity index (χ1) is 17.4. The number of hydrogen-bond acceptors (Lipinski definition) is 5. The zero-order chi connectivity index (χ0) is 27.0. The van der Waals surface area contributed by atoms with Crippen molar-refractivity contribution < 1.29 is 37.4 Å². The number of rotatable bonds is 8. The van der Waals surface area contributed by atoms with Crippen LogP contribution in [-0.4, -0.2) is 83.2 Å². The van der Waals surface area contributed by atoms with Gasteiger partial charge < -0.3 is 19.6 Å². The van der Waals surface area contributed by atoms with E-state index >= 15 is 0 Å². The van der Waals surface area contributed by atoms with Gasteiger partial charge in [-0.15, -0.1) is 0 Å². The molecule has 4 rings (SSSR count). The van der Waals surface area contributed by atoms with E-state index in [1.807, 2.05) is 23.9 Å². The Morgan fingerprint density at radius 1 is 1.14 bits per heavy atom. The van der Waals surface area contributed by atoms with Crippen molar-refractivity contribution in [2.75, 3.05) is 33.7 Å². The Morgan fingerprint density at radius 3 is 2.32 bits per heavy atom. The molecule has 0 aromatic heterocycles. The van der Waals surface area contributed by atoms with Crippen molar-refractivity contribution in [1.82, 2.24) is 14.7 Å². The molecule has 0 bridgehead atoms. The van der Waals surface area contributed by atoms with E-state index in [0.29, 0.717) is 50.3 Å². The molecule has 2 aliphatic carbocycles. The number of hydrogen-bond donors (Lipinski definition) is 1. The number of nitrogens with zero attached hydrogens (tertiary/aromatic N) is 3. The number of halogens is 3. The van der Waals surface area contributed by atoms with Crippen LogP contribution >= 0.6 is 0 Å². The minimum absolute atomic E-state index is 0.119. The molecule has 3 aliphatic rings. The second-order valence-electron chi connectivity index (χ2n) is 10.8. The van der Waals surface area contributed by atoms with E-state index in [1.54, 1.807) is 17.0 Å². The number of amides is 2. The lowest BCUT2D eigenvalue weighted by molar-refractivity contribution is -0.189. The summed E-state index contributed by atoms with van der Waals surface area (Å²) in [4.78, 5) is 41.7. The van der Waals surface area contributed by atoms with Gasteiger partial charge in [0.25, 0.3) is 0 Å². The maximum Gasteiger partial charge on any atom is 0.491 e. The van der Waals surface area contributed by atoms with E-state index in [2.05, 4.69) is 0 Å². The maximum atomic E-state index is 13.4. The van der Waals surface area contributed by atoms with E-state index in [-0.39, 0.29) is 24.7 Å². The van der Waals surface area contributed by atoms with E-state index in [0.717, 1.165) is 19.3 Å². The number of urea groups is 1. The van der Waals surface area contributed by atoms with Crippen molar-refractivity contribution in [2.45, 2.75) is 68.6 Å². The van der Waals surface area contributed by atoms with E-state index in [4.69, 9.17) is 9.84 Å². The molecule has 204 valence electrons. The average molecular weight is 526 g/mol. The van der Waals surface area contributed by atoms with Crippen LogP contribution < -0.4 is 4.74 Å². The molecule has 0 radical (unpaired) electrons. The van der Waals surface area contributed by atoms with E-state index < -0.39 is 29.2 Å². The van der Waals surface area contributed by atoms with Gasteiger partial charge in [0, 0.05) is 30.7 Å². The summed E-state index contributed by atoms with van der Waals surface area (Å²) < 4.78 is 43.7. The molecule has 1 spiro atoms. The largest absolute Gasteiger partial charge is 0.491 e. The maximum absolute atomic E-state index is 13.4. The summed E-state index contributed by atoms with van der Waals surface area (Å²) in [5.41, 5.74) is -0.666. The van der Waals surface area contributed by atoms with Gasteiger partial charge in [0.2, 0.25) is 0 Å². The first-order valence-corrected chi connectivity index (χ1v) is 12.7. The summed E-state index contributed by atoms with van der Waals surface area (Å²) in [7, 11) is 3.71. The molecule has 1 heterocycles. The van der Waals surface area contributed by atoms with Gasteiger partial charge in [0.15, 0.2) is 0 Å². The molecule has 3 fully saturated rings. The van der Waals surface area contributed by atoms with Gasteiger partial charge in [-0.1, -0.05) is 24.6 Å². The third-order valence-corrected chi connectivity index (χ3v) is 8.51. The summed E-state index contributed by atoms with van der Waals surface area (Å²) >= 11 is 0. The number of ether oxygens (including phenoxy) is 1. The number of alkyl halides is 3. The predicted octanol–water partition coefficient (Wildman–Crippen LogP) is 4.24. The number of carboxylic acid groups (broad SMARTS) is 1. The number of carbonyl (C=O) groups excluding carboxylic acids is 2. The van der Waals surface area contributed by atoms with Gasteiger partial charge in [0.1, 0.15) is 5.75 Å². The van der Waals surface area contributed by atoms with Crippen LogP contribution in [0.1, 0.15) is 56.9 Å². The highest BCUT2D eigenvalue weighted by Crippen LogP contribution is 2.51. The topological polar surface area (TPSA) is 90.4 Å². The van der Waals surface area contributed by atoms with Gasteiger partial charge >= 0.3 is 24.1 Å². The molecule has 1 N–H and O–H groups in total. The predicted molar refractivity (Wildman–Crippen MR) is 128 cm³/mol. The van der Waals surface area contributed by atoms with Gasteiger partial charge in [-0.2, -0.15) is 13.2 Å². The first kappa shape index (κ1) is 27.2. The van der Waals surface area contributed by atoms with Crippen LogP contribution in [-0.2, 0) is 15.1 Å². The fourth-order valence-electron chi connectivity index (χ4n) is 6.10. The Hall–Kier alpha value is -2.82. The average Bonchev–Trinajstić information content (AvgIpc) is 3.05. The molecular formula is C26H34F3N3O5. The Balaban J connectivity index is 1.61.